The third-order valence-electron chi connectivity index (χ3n) is 5.34. The summed E-state index contributed by atoms with van der Waals surface area (Å²) in [4.78, 5) is 8.43. The molecule has 1 saturated heterocycles. The zero-order valence-corrected chi connectivity index (χ0v) is 19.0. The molecular weight excluding hydrogens is 412 g/mol. The van der Waals surface area contributed by atoms with E-state index in [1.807, 2.05) is 30.3 Å². The molecule has 1 aliphatic heterocycles. The first kappa shape index (κ1) is 21.6. The van der Waals surface area contributed by atoms with Crippen molar-refractivity contribution in [3.8, 4) is 39.1 Å². The fraction of sp³-hybridized carbons (Fsp3) is 0.375. The number of nitrogens with zero attached hydrogens (tertiary/aromatic N) is 2. The quantitative estimate of drug-likeness (QED) is 0.514. The lowest BCUT2D eigenvalue weighted by Gasteiger charge is -2.26. The molecule has 7 heteroatoms. The van der Waals surface area contributed by atoms with Gasteiger partial charge in [0.2, 0.25) is 0 Å². The predicted octanol–water partition coefficient (Wildman–Crippen LogP) is 4.51. The predicted molar refractivity (Wildman–Crippen MR) is 124 cm³/mol. The summed E-state index contributed by atoms with van der Waals surface area (Å²) >= 11 is 1.65. The van der Waals surface area contributed by atoms with Crippen molar-refractivity contribution in [2.45, 2.75) is 6.92 Å². The largest absolute Gasteiger partial charge is 0.493 e. The van der Waals surface area contributed by atoms with E-state index < -0.39 is 0 Å². The van der Waals surface area contributed by atoms with E-state index in [4.69, 9.17) is 23.9 Å². The summed E-state index contributed by atoms with van der Waals surface area (Å²) in [6, 6.07) is 14.0. The standard InChI is InChI=1S/C24H28N2O4S/c1-17-22(25-24(31-17)20-5-4-6-21(27-2)23(20)28-3)18-7-9-19(10-8-18)30-16-13-26-11-14-29-15-12-26/h4-10H,11-16H2,1-3H3. The minimum Gasteiger partial charge on any atom is -0.493 e. The van der Waals surface area contributed by atoms with E-state index in [-0.39, 0.29) is 0 Å². The lowest BCUT2D eigenvalue weighted by atomic mass is 10.1. The van der Waals surface area contributed by atoms with Crippen molar-refractivity contribution >= 4 is 11.3 Å². The van der Waals surface area contributed by atoms with Crippen LogP contribution in [0.15, 0.2) is 42.5 Å². The van der Waals surface area contributed by atoms with E-state index in [9.17, 15) is 0 Å². The van der Waals surface area contributed by atoms with Gasteiger partial charge in [0.05, 0.1) is 38.7 Å². The maximum atomic E-state index is 5.93. The van der Waals surface area contributed by atoms with Gasteiger partial charge in [-0.05, 0) is 43.3 Å². The molecule has 3 aromatic rings. The van der Waals surface area contributed by atoms with Gasteiger partial charge in [-0.3, -0.25) is 4.90 Å². The Hall–Kier alpha value is -2.61. The topological polar surface area (TPSA) is 53.1 Å². The van der Waals surface area contributed by atoms with E-state index >= 15 is 0 Å². The zero-order valence-electron chi connectivity index (χ0n) is 18.2. The van der Waals surface area contributed by atoms with E-state index in [0.717, 1.165) is 65.3 Å². The van der Waals surface area contributed by atoms with Crippen molar-refractivity contribution in [1.82, 2.24) is 9.88 Å². The van der Waals surface area contributed by atoms with Gasteiger partial charge in [0.15, 0.2) is 11.5 Å². The smallest absolute Gasteiger partial charge is 0.170 e. The number of ether oxygens (including phenoxy) is 4. The summed E-state index contributed by atoms with van der Waals surface area (Å²) in [6.07, 6.45) is 0. The number of thiazole rings is 1. The van der Waals surface area contributed by atoms with Gasteiger partial charge < -0.3 is 18.9 Å². The lowest BCUT2D eigenvalue weighted by molar-refractivity contribution is 0.0322. The van der Waals surface area contributed by atoms with Crippen LogP contribution in [0.25, 0.3) is 21.8 Å². The van der Waals surface area contributed by atoms with Crippen LogP contribution in [-0.2, 0) is 4.74 Å². The van der Waals surface area contributed by atoms with Crippen LogP contribution in [0.1, 0.15) is 4.88 Å². The van der Waals surface area contributed by atoms with Crippen molar-refractivity contribution in [2.24, 2.45) is 0 Å². The van der Waals surface area contributed by atoms with Crippen LogP contribution in [0.5, 0.6) is 17.2 Å². The molecule has 0 bridgehead atoms. The molecular formula is C24H28N2O4S. The first-order chi connectivity index (χ1) is 15.2. The van der Waals surface area contributed by atoms with Crippen molar-refractivity contribution in [1.29, 1.82) is 0 Å². The van der Waals surface area contributed by atoms with Gasteiger partial charge in [-0.15, -0.1) is 11.3 Å². The first-order valence-corrected chi connectivity index (χ1v) is 11.2. The molecule has 0 radical (unpaired) electrons. The molecule has 4 rings (SSSR count). The van der Waals surface area contributed by atoms with E-state index in [1.54, 1.807) is 25.6 Å². The molecule has 0 saturated carbocycles. The molecule has 0 N–H and O–H groups in total. The van der Waals surface area contributed by atoms with Crippen LogP contribution in [0.4, 0.5) is 0 Å². The average molecular weight is 441 g/mol. The Morgan fingerprint density at radius 2 is 1.81 bits per heavy atom. The summed E-state index contributed by atoms with van der Waals surface area (Å²) in [7, 11) is 3.30. The molecule has 0 spiro atoms. The molecule has 1 fully saturated rings. The van der Waals surface area contributed by atoms with Gasteiger partial charge >= 0.3 is 0 Å². The van der Waals surface area contributed by atoms with Crippen LogP contribution in [0.3, 0.4) is 0 Å². The highest BCUT2D eigenvalue weighted by molar-refractivity contribution is 7.15. The van der Waals surface area contributed by atoms with Gasteiger partial charge in [-0.25, -0.2) is 4.98 Å². The molecule has 1 aromatic heterocycles. The highest BCUT2D eigenvalue weighted by atomic mass is 32.1. The highest BCUT2D eigenvalue weighted by Crippen LogP contribution is 2.41. The van der Waals surface area contributed by atoms with E-state index in [1.165, 1.54) is 0 Å². The molecule has 0 aliphatic carbocycles. The van der Waals surface area contributed by atoms with Crippen molar-refractivity contribution < 1.29 is 18.9 Å². The van der Waals surface area contributed by atoms with Gasteiger partial charge in [-0.2, -0.15) is 0 Å². The fourth-order valence-electron chi connectivity index (χ4n) is 3.66. The Bertz CT molecular complexity index is 997. The van der Waals surface area contributed by atoms with Crippen LogP contribution in [-0.4, -0.2) is 63.6 Å². The molecule has 2 heterocycles. The zero-order chi connectivity index (χ0) is 21.6. The number of rotatable bonds is 8. The van der Waals surface area contributed by atoms with Crippen molar-refractivity contribution in [2.75, 3.05) is 53.7 Å². The number of hydrogen-bond acceptors (Lipinski definition) is 7. The Labute approximate surface area is 187 Å². The van der Waals surface area contributed by atoms with Gasteiger partial charge in [0.25, 0.3) is 0 Å². The number of aryl methyl sites for hydroxylation is 1. The molecule has 2 aromatic carbocycles. The monoisotopic (exact) mass is 440 g/mol. The summed E-state index contributed by atoms with van der Waals surface area (Å²) in [5.74, 6) is 2.28. The second-order valence-corrected chi connectivity index (χ2v) is 8.49. The minimum atomic E-state index is 0.675. The lowest BCUT2D eigenvalue weighted by Crippen LogP contribution is -2.38. The maximum absolute atomic E-state index is 5.93. The molecule has 1 aliphatic rings. The minimum absolute atomic E-state index is 0.675. The molecule has 0 unspecified atom stereocenters. The van der Waals surface area contributed by atoms with Crippen LogP contribution in [0, 0.1) is 6.92 Å². The molecule has 0 atom stereocenters. The molecule has 6 nitrogen and oxygen atoms in total. The third kappa shape index (κ3) is 5.01. The molecule has 164 valence electrons. The molecule has 0 amide bonds. The number of para-hydroxylation sites is 1. The summed E-state index contributed by atoms with van der Waals surface area (Å²) in [5.41, 5.74) is 2.98. The SMILES string of the molecule is COc1cccc(-c2nc(-c3ccc(OCCN4CCOCC4)cc3)c(C)s2)c1OC. The molecule has 31 heavy (non-hydrogen) atoms. The number of hydrogen-bond donors (Lipinski definition) is 0. The summed E-state index contributed by atoms with van der Waals surface area (Å²) < 4.78 is 22.3. The Morgan fingerprint density at radius 3 is 2.52 bits per heavy atom. The second-order valence-electron chi connectivity index (χ2n) is 7.29. The number of benzene rings is 2. The van der Waals surface area contributed by atoms with E-state index in [0.29, 0.717) is 18.1 Å². The second kappa shape index (κ2) is 10.1. The van der Waals surface area contributed by atoms with Gasteiger partial charge in [0, 0.05) is 30.1 Å². The van der Waals surface area contributed by atoms with Crippen LogP contribution < -0.4 is 14.2 Å². The van der Waals surface area contributed by atoms with Crippen LogP contribution in [0.2, 0.25) is 0 Å². The number of aromatic nitrogens is 1. The Balaban J connectivity index is 1.46. The van der Waals surface area contributed by atoms with Gasteiger partial charge in [-0.1, -0.05) is 6.07 Å². The van der Waals surface area contributed by atoms with Crippen molar-refractivity contribution in [3.05, 3.63) is 47.3 Å². The fourth-order valence-corrected chi connectivity index (χ4v) is 4.62. The third-order valence-corrected chi connectivity index (χ3v) is 6.34. The average Bonchev–Trinajstić information content (AvgIpc) is 3.21. The summed E-state index contributed by atoms with van der Waals surface area (Å²) in [5, 5.41) is 0.911. The Kier molecular flexibility index (Phi) is 7.06. The van der Waals surface area contributed by atoms with Crippen molar-refractivity contribution in [3.63, 3.8) is 0 Å². The highest BCUT2D eigenvalue weighted by Gasteiger charge is 2.17. The normalized spacial score (nSPS) is 14.4. The maximum Gasteiger partial charge on any atom is 0.170 e. The van der Waals surface area contributed by atoms with E-state index in [2.05, 4.69) is 24.0 Å². The summed E-state index contributed by atoms with van der Waals surface area (Å²) in [6.45, 7) is 7.26. The Morgan fingerprint density at radius 1 is 1.03 bits per heavy atom. The number of methoxy groups -OCH3 is 2. The van der Waals surface area contributed by atoms with Crippen LogP contribution >= 0.6 is 11.3 Å². The number of morpholine rings is 1. The van der Waals surface area contributed by atoms with Gasteiger partial charge in [0.1, 0.15) is 17.4 Å². The first-order valence-electron chi connectivity index (χ1n) is 10.4.